The van der Waals surface area contributed by atoms with Gasteiger partial charge in [-0.05, 0) is 18.6 Å². The molecular weight excluding hydrogens is 260 g/mol. The lowest BCUT2D eigenvalue weighted by atomic mass is 9.92. The summed E-state index contributed by atoms with van der Waals surface area (Å²) in [6.07, 6.45) is 0. The second kappa shape index (κ2) is 4.30. The minimum atomic E-state index is -0.532. The quantitative estimate of drug-likeness (QED) is 0.852. The number of cyclic esters (lactones) is 1. The summed E-state index contributed by atoms with van der Waals surface area (Å²) in [5.74, 6) is 0.564. The molecule has 1 heterocycles. The summed E-state index contributed by atoms with van der Waals surface area (Å²) >= 11 is 0. The Labute approximate surface area is 115 Å². The van der Waals surface area contributed by atoms with E-state index in [2.05, 4.69) is 0 Å². The van der Waals surface area contributed by atoms with E-state index in [0.717, 1.165) is 16.5 Å². The number of methoxy groups -OCH3 is 2. The van der Waals surface area contributed by atoms with Crippen LogP contribution in [0, 0.1) is 6.92 Å². The molecule has 0 saturated heterocycles. The molecule has 1 aliphatic heterocycles. The molecule has 3 rings (SSSR count). The van der Waals surface area contributed by atoms with Crippen LogP contribution in [0.3, 0.4) is 0 Å². The lowest BCUT2D eigenvalue weighted by molar-refractivity contribution is 0.0457. The number of carbonyl (C=O) groups excluding carboxylic acids is 1. The highest BCUT2D eigenvalue weighted by atomic mass is 16.5. The van der Waals surface area contributed by atoms with E-state index in [4.69, 9.17) is 14.2 Å². The number of phenols is 1. The van der Waals surface area contributed by atoms with E-state index >= 15 is 0 Å². The first-order valence-corrected chi connectivity index (χ1v) is 6.15. The van der Waals surface area contributed by atoms with Gasteiger partial charge in [-0.2, -0.15) is 0 Å². The SMILES string of the molecule is COc1cc(OC)c2c(C)cc(O)c3c2c1COC3=O. The Morgan fingerprint density at radius 1 is 1.15 bits per heavy atom. The van der Waals surface area contributed by atoms with Crippen LogP contribution in [-0.2, 0) is 11.3 Å². The molecule has 5 heteroatoms. The normalized spacial score (nSPS) is 13.2. The molecule has 0 saturated carbocycles. The molecule has 1 aliphatic rings. The van der Waals surface area contributed by atoms with Crippen LogP contribution in [0.4, 0.5) is 0 Å². The van der Waals surface area contributed by atoms with E-state index < -0.39 is 5.97 Å². The summed E-state index contributed by atoms with van der Waals surface area (Å²) in [5, 5.41) is 11.5. The average Bonchev–Trinajstić information content (AvgIpc) is 2.43. The van der Waals surface area contributed by atoms with Crippen molar-refractivity contribution in [3.05, 3.63) is 28.8 Å². The largest absolute Gasteiger partial charge is 0.507 e. The molecule has 2 aromatic carbocycles. The van der Waals surface area contributed by atoms with Gasteiger partial charge in [-0.15, -0.1) is 0 Å². The summed E-state index contributed by atoms with van der Waals surface area (Å²) < 4.78 is 15.8. The Bertz CT molecular complexity index is 733. The fraction of sp³-hybridized carbons (Fsp3) is 0.267. The van der Waals surface area contributed by atoms with Gasteiger partial charge in [-0.25, -0.2) is 4.79 Å². The van der Waals surface area contributed by atoms with Gasteiger partial charge >= 0.3 is 5.97 Å². The van der Waals surface area contributed by atoms with Crippen LogP contribution in [0.15, 0.2) is 12.1 Å². The zero-order chi connectivity index (χ0) is 14.4. The van der Waals surface area contributed by atoms with Gasteiger partial charge in [0, 0.05) is 22.4 Å². The van der Waals surface area contributed by atoms with Gasteiger partial charge in [0.2, 0.25) is 0 Å². The number of esters is 1. The number of rotatable bonds is 2. The van der Waals surface area contributed by atoms with Gasteiger partial charge in [0.1, 0.15) is 29.4 Å². The van der Waals surface area contributed by atoms with Gasteiger partial charge in [0.25, 0.3) is 0 Å². The third kappa shape index (κ3) is 1.52. The van der Waals surface area contributed by atoms with E-state index in [9.17, 15) is 9.90 Å². The van der Waals surface area contributed by atoms with E-state index in [-0.39, 0.29) is 17.9 Å². The maximum atomic E-state index is 11.9. The maximum Gasteiger partial charge on any atom is 0.342 e. The third-order valence-corrected chi connectivity index (χ3v) is 3.60. The minimum absolute atomic E-state index is 0.0868. The van der Waals surface area contributed by atoms with Crippen molar-refractivity contribution in [3.8, 4) is 17.2 Å². The highest BCUT2D eigenvalue weighted by Gasteiger charge is 2.29. The van der Waals surface area contributed by atoms with Gasteiger partial charge in [-0.1, -0.05) is 0 Å². The molecule has 0 unspecified atom stereocenters. The average molecular weight is 274 g/mol. The number of aromatic hydroxyl groups is 1. The Hall–Kier alpha value is -2.43. The first-order valence-electron chi connectivity index (χ1n) is 6.15. The van der Waals surface area contributed by atoms with Crippen molar-refractivity contribution in [2.45, 2.75) is 13.5 Å². The summed E-state index contributed by atoms with van der Waals surface area (Å²) in [5.41, 5.74) is 1.75. The number of carbonyl (C=O) groups is 1. The number of phenolic OH excluding ortho intramolecular Hbond substituents is 1. The highest BCUT2D eigenvalue weighted by Crippen LogP contribution is 2.44. The van der Waals surface area contributed by atoms with Crippen molar-refractivity contribution in [1.82, 2.24) is 0 Å². The molecule has 0 aliphatic carbocycles. The number of benzene rings is 2. The van der Waals surface area contributed by atoms with Crippen LogP contribution >= 0.6 is 0 Å². The van der Waals surface area contributed by atoms with Gasteiger partial charge in [0.05, 0.1) is 14.2 Å². The summed E-state index contributed by atoms with van der Waals surface area (Å²) in [6.45, 7) is 1.98. The lowest BCUT2D eigenvalue weighted by Crippen LogP contribution is -2.14. The van der Waals surface area contributed by atoms with Crippen molar-refractivity contribution in [3.63, 3.8) is 0 Å². The molecule has 0 aromatic heterocycles. The minimum Gasteiger partial charge on any atom is -0.507 e. The lowest BCUT2D eigenvalue weighted by Gasteiger charge is -2.23. The van der Waals surface area contributed by atoms with E-state index in [1.807, 2.05) is 6.92 Å². The van der Waals surface area contributed by atoms with Crippen LogP contribution in [0.25, 0.3) is 10.8 Å². The zero-order valence-electron chi connectivity index (χ0n) is 11.4. The first-order chi connectivity index (χ1) is 9.58. The van der Waals surface area contributed by atoms with Crippen molar-refractivity contribution in [2.75, 3.05) is 14.2 Å². The standard InChI is InChI=1S/C15H14O5/c1-7-4-9(16)14-13-8(6-20-15(14)17)10(18-2)5-11(19-3)12(7)13/h4-5,16H,6H2,1-3H3. The molecule has 0 atom stereocenters. The van der Waals surface area contributed by atoms with Crippen molar-refractivity contribution >= 4 is 16.7 Å². The van der Waals surface area contributed by atoms with Crippen LogP contribution < -0.4 is 9.47 Å². The molecule has 2 aromatic rings. The Balaban J connectivity index is 2.58. The smallest absolute Gasteiger partial charge is 0.342 e. The monoisotopic (exact) mass is 274 g/mol. The molecule has 0 spiro atoms. The number of hydrogen-bond acceptors (Lipinski definition) is 5. The molecule has 1 N–H and O–H groups in total. The van der Waals surface area contributed by atoms with Gasteiger partial charge < -0.3 is 19.3 Å². The van der Waals surface area contributed by atoms with Crippen LogP contribution in [-0.4, -0.2) is 25.3 Å². The van der Waals surface area contributed by atoms with E-state index in [0.29, 0.717) is 16.9 Å². The molecule has 20 heavy (non-hydrogen) atoms. The predicted molar refractivity (Wildman–Crippen MR) is 72.6 cm³/mol. The van der Waals surface area contributed by atoms with Crippen LogP contribution in [0.2, 0.25) is 0 Å². The Morgan fingerprint density at radius 3 is 2.50 bits per heavy atom. The summed E-state index contributed by atoms with van der Waals surface area (Å²) in [6, 6.07) is 3.31. The van der Waals surface area contributed by atoms with Crippen molar-refractivity contribution in [1.29, 1.82) is 0 Å². The van der Waals surface area contributed by atoms with Crippen molar-refractivity contribution in [2.24, 2.45) is 0 Å². The molecule has 104 valence electrons. The second-order valence-corrected chi connectivity index (χ2v) is 4.67. The Kier molecular flexibility index (Phi) is 2.71. The fourth-order valence-electron chi connectivity index (χ4n) is 2.72. The van der Waals surface area contributed by atoms with E-state index in [1.54, 1.807) is 26.4 Å². The van der Waals surface area contributed by atoms with Gasteiger partial charge in [-0.3, -0.25) is 0 Å². The highest BCUT2D eigenvalue weighted by molar-refractivity contribution is 6.12. The second-order valence-electron chi connectivity index (χ2n) is 4.67. The van der Waals surface area contributed by atoms with Gasteiger partial charge in [0.15, 0.2) is 0 Å². The summed E-state index contributed by atoms with van der Waals surface area (Å²) in [7, 11) is 3.10. The summed E-state index contributed by atoms with van der Waals surface area (Å²) in [4.78, 5) is 11.9. The molecule has 0 fully saturated rings. The van der Waals surface area contributed by atoms with Crippen LogP contribution in [0.5, 0.6) is 17.2 Å². The number of ether oxygens (including phenoxy) is 3. The molecule has 5 nitrogen and oxygen atoms in total. The molecule has 0 amide bonds. The zero-order valence-corrected chi connectivity index (χ0v) is 11.4. The fourth-order valence-corrected chi connectivity index (χ4v) is 2.72. The molecule has 0 bridgehead atoms. The number of hydrogen-bond donors (Lipinski definition) is 1. The van der Waals surface area contributed by atoms with Crippen molar-refractivity contribution < 1.29 is 24.1 Å². The first kappa shape index (κ1) is 12.6. The number of aryl methyl sites for hydroxylation is 1. The van der Waals surface area contributed by atoms with Crippen LogP contribution in [0.1, 0.15) is 21.5 Å². The molecular formula is C15H14O5. The Morgan fingerprint density at radius 2 is 1.85 bits per heavy atom. The maximum absolute atomic E-state index is 11.9. The predicted octanol–water partition coefficient (Wildman–Crippen LogP) is 2.54. The third-order valence-electron chi connectivity index (χ3n) is 3.60. The molecule has 0 radical (unpaired) electrons. The van der Waals surface area contributed by atoms with E-state index in [1.165, 1.54) is 0 Å². The topological polar surface area (TPSA) is 65.0 Å².